The minimum absolute atomic E-state index is 0.247. The van der Waals surface area contributed by atoms with Crippen LogP contribution in [-0.2, 0) is 0 Å². The lowest BCUT2D eigenvalue weighted by atomic mass is 9.77. The molecule has 2 rings (SSSR count). The van der Waals surface area contributed by atoms with Crippen molar-refractivity contribution in [2.24, 2.45) is 5.92 Å². The number of aliphatic hydroxyl groups excluding tert-OH is 1. The van der Waals surface area contributed by atoms with Gasteiger partial charge < -0.3 is 14.7 Å². The Labute approximate surface area is 109 Å². The smallest absolute Gasteiger partial charge is 0.118 e. The Balaban J connectivity index is 2.22. The van der Waals surface area contributed by atoms with Gasteiger partial charge in [0.1, 0.15) is 5.75 Å². The number of likely N-dealkylation sites (tertiary alicyclic amines) is 1. The van der Waals surface area contributed by atoms with E-state index in [-0.39, 0.29) is 12.0 Å². The van der Waals surface area contributed by atoms with Gasteiger partial charge in [0, 0.05) is 19.0 Å². The third kappa shape index (κ3) is 2.68. The topological polar surface area (TPSA) is 32.7 Å². The van der Waals surface area contributed by atoms with Crippen LogP contribution < -0.4 is 4.74 Å². The van der Waals surface area contributed by atoms with Crippen molar-refractivity contribution in [3.63, 3.8) is 0 Å². The van der Waals surface area contributed by atoms with E-state index in [1.54, 1.807) is 7.11 Å². The number of ether oxygens (including phenoxy) is 1. The Morgan fingerprint density at radius 2 is 1.94 bits per heavy atom. The van der Waals surface area contributed by atoms with Gasteiger partial charge in [-0.3, -0.25) is 0 Å². The van der Waals surface area contributed by atoms with Crippen LogP contribution in [0.1, 0.15) is 24.8 Å². The van der Waals surface area contributed by atoms with Crippen molar-refractivity contribution in [1.82, 2.24) is 4.90 Å². The number of aliphatic hydroxyl groups is 1. The average molecular weight is 249 g/mol. The summed E-state index contributed by atoms with van der Waals surface area (Å²) in [6, 6.07) is 8.13. The third-order valence-corrected chi connectivity index (χ3v) is 3.99. The zero-order valence-electron chi connectivity index (χ0n) is 11.5. The first-order valence-corrected chi connectivity index (χ1v) is 6.66. The van der Waals surface area contributed by atoms with Crippen LogP contribution in [0.15, 0.2) is 24.3 Å². The number of benzene rings is 1. The van der Waals surface area contributed by atoms with Gasteiger partial charge in [0.2, 0.25) is 0 Å². The highest BCUT2D eigenvalue weighted by atomic mass is 16.5. The maximum atomic E-state index is 10.3. The summed E-state index contributed by atoms with van der Waals surface area (Å²) in [4.78, 5) is 2.22. The van der Waals surface area contributed by atoms with E-state index in [4.69, 9.17) is 4.74 Å². The number of hydrogen-bond acceptors (Lipinski definition) is 3. The van der Waals surface area contributed by atoms with Crippen molar-refractivity contribution in [3.05, 3.63) is 29.8 Å². The van der Waals surface area contributed by atoms with Crippen LogP contribution in [0.4, 0.5) is 0 Å². The van der Waals surface area contributed by atoms with Crippen molar-refractivity contribution in [3.8, 4) is 5.75 Å². The Morgan fingerprint density at radius 3 is 2.50 bits per heavy atom. The lowest BCUT2D eigenvalue weighted by Gasteiger charge is -2.40. The van der Waals surface area contributed by atoms with E-state index in [1.807, 2.05) is 12.1 Å². The zero-order valence-corrected chi connectivity index (χ0v) is 11.5. The highest BCUT2D eigenvalue weighted by Gasteiger charge is 2.34. The molecule has 1 aliphatic heterocycles. The van der Waals surface area contributed by atoms with E-state index in [9.17, 15) is 5.11 Å². The minimum atomic E-state index is -0.276. The third-order valence-electron chi connectivity index (χ3n) is 3.99. The molecule has 3 unspecified atom stereocenters. The number of likely N-dealkylation sites (N-methyl/N-ethyl adjacent to an activating group) is 1. The van der Waals surface area contributed by atoms with Crippen molar-refractivity contribution in [1.29, 1.82) is 0 Å². The molecule has 3 nitrogen and oxygen atoms in total. The van der Waals surface area contributed by atoms with E-state index in [0.29, 0.717) is 5.92 Å². The Morgan fingerprint density at radius 1 is 1.28 bits per heavy atom. The number of β-amino-alcohol motifs (C(OH)–C–C–N with tert-alkyl or cyclic N) is 1. The van der Waals surface area contributed by atoms with Gasteiger partial charge in [-0.25, -0.2) is 0 Å². The summed E-state index contributed by atoms with van der Waals surface area (Å²) in [7, 11) is 3.75. The Kier molecular flexibility index (Phi) is 4.25. The second kappa shape index (κ2) is 5.72. The van der Waals surface area contributed by atoms with Crippen molar-refractivity contribution >= 4 is 0 Å². The molecule has 3 heteroatoms. The summed E-state index contributed by atoms with van der Waals surface area (Å²) in [5.41, 5.74) is 1.23. The van der Waals surface area contributed by atoms with Crippen LogP contribution in [0.25, 0.3) is 0 Å². The molecule has 0 aliphatic carbocycles. The standard InChI is InChI=1S/C15H23NO2/c1-4-11-9-16(2)10-14(17)15(11)12-5-7-13(18-3)8-6-12/h5-8,11,14-15,17H,4,9-10H2,1-3H3. The number of hydrogen-bond donors (Lipinski definition) is 1. The molecule has 1 aromatic carbocycles. The summed E-state index contributed by atoms with van der Waals surface area (Å²) >= 11 is 0. The lowest BCUT2D eigenvalue weighted by Crippen LogP contribution is -2.46. The van der Waals surface area contributed by atoms with Gasteiger partial charge in [0.25, 0.3) is 0 Å². The van der Waals surface area contributed by atoms with Gasteiger partial charge in [-0.15, -0.1) is 0 Å². The van der Waals surface area contributed by atoms with Crippen LogP contribution in [0.3, 0.4) is 0 Å². The van der Waals surface area contributed by atoms with E-state index in [2.05, 4.69) is 31.0 Å². The number of nitrogens with zero attached hydrogens (tertiary/aromatic N) is 1. The van der Waals surface area contributed by atoms with Gasteiger partial charge in [-0.05, 0) is 30.7 Å². The molecule has 0 saturated carbocycles. The molecule has 1 aliphatic rings. The molecule has 1 saturated heterocycles. The normalized spacial score (nSPS) is 29.2. The first-order chi connectivity index (χ1) is 8.65. The molecule has 3 atom stereocenters. The Bertz CT molecular complexity index is 377. The molecule has 0 amide bonds. The second-order valence-electron chi connectivity index (χ2n) is 5.26. The van der Waals surface area contributed by atoms with Gasteiger partial charge in [-0.2, -0.15) is 0 Å². The van der Waals surface area contributed by atoms with Crippen LogP contribution in [0.2, 0.25) is 0 Å². The average Bonchev–Trinajstić information content (AvgIpc) is 2.38. The van der Waals surface area contributed by atoms with E-state index >= 15 is 0 Å². The van der Waals surface area contributed by atoms with Crippen LogP contribution in [0, 0.1) is 5.92 Å². The lowest BCUT2D eigenvalue weighted by molar-refractivity contribution is 0.0283. The van der Waals surface area contributed by atoms with Gasteiger partial charge in [-0.1, -0.05) is 25.5 Å². The summed E-state index contributed by atoms with van der Waals surface area (Å²) in [5.74, 6) is 1.64. The molecule has 0 aromatic heterocycles. The van der Waals surface area contributed by atoms with Crippen molar-refractivity contribution in [2.75, 3.05) is 27.2 Å². The molecule has 18 heavy (non-hydrogen) atoms. The van der Waals surface area contributed by atoms with E-state index in [1.165, 1.54) is 5.56 Å². The summed E-state index contributed by atoms with van der Waals surface area (Å²) in [6.07, 6.45) is 0.819. The minimum Gasteiger partial charge on any atom is -0.497 e. The molecule has 1 N–H and O–H groups in total. The van der Waals surface area contributed by atoms with Gasteiger partial charge in [0.15, 0.2) is 0 Å². The molecular weight excluding hydrogens is 226 g/mol. The van der Waals surface area contributed by atoms with Crippen LogP contribution in [0.5, 0.6) is 5.75 Å². The van der Waals surface area contributed by atoms with Crippen molar-refractivity contribution in [2.45, 2.75) is 25.4 Å². The molecule has 0 radical (unpaired) electrons. The van der Waals surface area contributed by atoms with Gasteiger partial charge >= 0.3 is 0 Å². The Hall–Kier alpha value is -1.06. The summed E-state index contributed by atoms with van der Waals surface area (Å²) in [6.45, 7) is 4.02. The van der Waals surface area contributed by atoms with E-state index in [0.717, 1.165) is 25.3 Å². The molecular formula is C15H23NO2. The van der Waals surface area contributed by atoms with Crippen LogP contribution >= 0.6 is 0 Å². The fourth-order valence-electron chi connectivity index (χ4n) is 3.04. The first kappa shape index (κ1) is 13.4. The highest BCUT2D eigenvalue weighted by molar-refractivity contribution is 5.31. The number of methoxy groups -OCH3 is 1. The predicted octanol–water partition coefficient (Wildman–Crippen LogP) is 2.11. The van der Waals surface area contributed by atoms with Crippen molar-refractivity contribution < 1.29 is 9.84 Å². The maximum absolute atomic E-state index is 10.3. The summed E-state index contributed by atoms with van der Waals surface area (Å²) < 4.78 is 5.18. The number of piperidine rings is 1. The zero-order chi connectivity index (χ0) is 13.1. The van der Waals surface area contributed by atoms with Gasteiger partial charge in [0.05, 0.1) is 13.2 Å². The number of rotatable bonds is 3. The second-order valence-corrected chi connectivity index (χ2v) is 5.26. The fraction of sp³-hybridized carbons (Fsp3) is 0.600. The monoisotopic (exact) mass is 249 g/mol. The fourth-order valence-corrected chi connectivity index (χ4v) is 3.04. The summed E-state index contributed by atoms with van der Waals surface area (Å²) in [5, 5.41) is 10.3. The molecule has 1 fully saturated rings. The molecule has 0 spiro atoms. The molecule has 1 aromatic rings. The molecule has 100 valence electrons. The predicted molar refractivity (Wildman–Crippen MR) is 73.0 cm³/mol. The van der Waals surface area contributed by atoms with Crippen LogP contribution in [-0.4, -0.2) is 43.4 Å². The molecule has 0 bridgehead atoms. The highest BCUT2D eigenvalue weighted by Crippen LogP contribution is 2.35. The quantitative estimate of drug-likeness (QED) is 0.890. The first-order valence-electron chi connectivity index (χ1n) is 6.66. The SMILES string of the molecule is CCC1CN(C)CC(O)C1c1ccc(OC)cc1. The largest absolute Gasteiger partial charge is 0.497 e. The van der Waals surface area contributed by atoms with E-state index < -0.39 is 0 Å². The maximum Gasteiger partial charge on any atom is 0.118 e. The molecule has 1 heterocycles.